The van der Waals surface area contributed by atoms with E-state index in [1.165, 1.54) is 11.0 Å². The number of carbonyl (C=O) groups excluding carboxylic acids is 2. The van der Waals surface area contributed by atoms with Gasteiger partial charge in [0.25, 0.3) is 5.91 Å². The van der Waals surface area contributed by atoms with E-state index in [9.17, 15) is 9.59 Å². The number of amides is 2. The molecule has 0 bridgehead atoms. The largest absolute Gasteiger partial charge is 0.490 e. The molecule has 154 valence electrons. The first kappa shape index (κ1) is 22.0. The Kier molecular flexibility index (Phi) is 8.27. The van der Waals surface area contributed by atoms with Crippen LogP contribution in [-0.4, -0.2) is 44.0 Å². The van der Waals surface area contributed by atoms with Crippen molar-refractivity contribution in [2.75, 3.05) is 27.3 Å². The Balaban J connectivity index is 1.94. The minimum Gasteiger partial charge on any atom is -0.490 e. The van der Waals surface area contributed by atoms with Gasteiger partial charge in [-0.15, -0.1) is 0 Å². The molecule has 0 aromatic heterocycles. The molecule has 6 heteroatoms. The lowest BCUT2D eigenvalue weighted by molar-refractivity contribution is -0.116. The highest BCUT2D eigenvalue weighted by Gasteiger charge is 2.08. The maximum Gasteiger partial charge on any atom is 0.253 e. The lowest BCUT2D eigenvalue weighted by atomic mass is 10.1. The van der Waals surface area contributed by atoms with E-state index in [4.69, 9.17) is 9.47 Å². The molecule has 2 aromatic rings. The van der Waals surface area contributed by atoms with Gasteiger partial charge in [0, 0.05) is 32.3 Å². The van der Waals surface area contributed by atoms with Crippen LogP contribution < -0.4 is 14.8 Å². The van der Waals surface area contributed by atoms with E-state index in [1.807, 2.05) is 44.2 Å². The second-order valence-corrected chi connectivity index (χ2v) is 6.52. The molecule has 6 nitrogen and oxygen atoms in total. The van der Waals surface area contributed by atoms with Crippen molar-refractivity contribution in [2.45, 2.75) is 20.4 Å². The Morgan fingerprint density at radius 1 is 0.966 bits per heavy atom. The molecule has 2 rings (SSSR count). The Hall–Kier alpha value is -3.28. The normalized spacial score (nSPS) is 10.6. The molecule has 0 heterocycles. The van der Waals surface area contributed by atoms with Crippen LogP contribution in [-0.2, 0) is 11.3 Å². The minimum absolute atomic E-state index is 0.0507. The van der Waals surface area contributed by atoms with Crippen molar-refractivity contribution in [2.24, 2.45) is 0 Å². The molecule has 2 aromatic carbocycles. The van der Waals surface area contributed by atoms with Gasteiger partial charge < -0.3 is 19.7 Å². The molecule has 29 heavy (non-hydrogen) atoms. The number of nitrogens with one attached hydrogen (secondary N) is 1. The molecule has 1 N–H and O–H groups in total. The van der Waals surface area contributed by atoms with Crippen LogP contribution in [0.5, 0.6) is 11.5 Å². The average molecular weight is 396 g/mol. The molecule has 0 radical (unpaired) electrons. The monoisotopic (exact) mass is 396 g/mol. The number of hydrogen-bond acceptors (Lipinski definition) is 4. The van der Waals surface area contributed by atoms with Crippen LogP contribution in [0.25, 0.3) is 6.08 Å². The second-order valence-electron chi connectivity index (χ2n) is 6.52. The molecule has 0 saturated carbocycles. The van der Waals surface area contributed by atoms with Crippen LogP contribution in [0.15, 0.2) is 48.5 Å². The van der Waals surface area contributed by atoms with Gasteiger partial charge in [0.05, 0.1) is 13.2 Å². The molecule has 0 aliphatic carbocycles. The van der Waals surface area contributed by atoms with Gasteiger partial charge >= 0.3 is 0 Å². The number of benzene rings is 2. The summed E-state index contributed by atoms with van der Waals surface area (Å²) in [4.78, 5) is 25.5. The molecule has 0 fully saturated rings. The van der Waals surface area contributed by atoms with Gasteiger partial charge in [0.2, 0.25) is 5.91 Å². The smallest absolute Gasteiger partial charge is 0.253 e. The summed E-state index contributed by atoms with van der Waals surface area (Å²) >= 11 is 0. The van der Waals surface area contributed by atoms with Gasteiger partial charge in [-0.1, -0.05) is 18.2 Å². The summed E-state index contributed by atoms with van der Waals surface area (Å²) in [5, 5.41) is 2.84. The number of hydrogen-bond donors (Lipinski definition) is 1. The molecule has 0 aliphatic heterocycles. The fraction of sp³-hybridized carbons (Fsp3) is 0.304. The lowest BCUT2D eigenvalue weighted by Gasteiger charge is -2.11. The molecule has 0 saturated heterocycles. The Bertz CT molecular complexity index is 858. The average Bonchev–Trinajstić information content (AvgIpc) is 2.72. The standard InChI is InChI=1S/C23H28N2O4/c1-5-28-20-13-9-17(15-21(20)29-6-2)10-14-22(26)24-16-18-7-11-19(12-8-18)23(27)25(3)4/h7-15H,5-6,16H2,1-4H3,(H,24,26)/b14-10+. The fourth-order valence-electron chi connectivity index (χ4n) is 2.61. The maximum atomic E-state index is 12.1. The number of rotatable bonds is 9. The van der Waals surface area contributed by atoms with Crippen LogP contribution >= 0.6 is 0 Å². The van der Waals surface area contributed by atoms with Gasteiger partial charge in [-0.25, -0.2) is 0 Å². The zero-order valence-corrected chi connectivity index (χ0v) is 17.4. The third-order valence-electron chi connectivity index (χ3n) is 4.07. The van der Waals surface area contributed by atoms with Crippen molar-refractivity contribution in [3.05, 3.63) is 65.2 Å². The molecule has 2 amide bonds. The Morgan fingerprint density at radius 2 is 1.62 bits per heavy atom. The highest BCUT2D eigenvalue weighted by Crippen LogP contribution is 2.29. The summed E-state index contributed by atoms with van der Waals surface area (Å²) in [7, 11) is 3.43. The summed E-state index contributed by atoms with van der Waals surface area (Å²) in [6.45, 7) is 5.30. The zero-order valence-electron chi connectivity index (χ0n) is 17.4. The van der Waals surface area contributed by atoms with Crippen molar-refractivity contribution in [1.29, 1.82) is 0 Å². The van der Waals surface area contributed by atoms with Crippen LogP contribution in [0.4, 0.5) is 0 Å². The topological polar surface area (TPSA) is 67.9 Å². The molecule has 0 spiro atoms. The second kappa shape index (κ2) is 10.9. The van der Waals surface area contributed by atoms with E-state index in [2.05, 4.69) is 5.32 Å². The van der Waals surface area contributed by atoms with Gasteiger partial charge in [-0.3, -0.25) is 9.59 Å². The number of nitrogens with zero attached hydrogens (tertiary/aromatic N) is 1. The summed E-state index contributed by atoms with van der Waals surface area (Å²) in [6, 6.07) is 12.7. The van der Waals surface area contributed by atoms with E-state index in [-0.39, 0.29) is 11.8 Å². The summed E-state index contributed by atoms with van der Waals surface area (Å²) in [5.41, 5.74) is 2.38. The van der Waals surface area contributed by atoms with E-state index in [1.54, 1.807) is 32.3 Å². The molecule has 0 atom stereocenters. The first-order valence-corrected chi connectivity index (χ1v) is 9.60. The van der Waals surface area contributed by atoms with Crippen LogP contribution in [0.2, 0.25) is 0 Å². The van der Waals surface area contributed by atoms with Crippen LogP contribution in [0.1, 0.15) is 35.3 Å². The van der Waals surface area contributed by atoms with E-state index in [0.29, 0.717) is 36.8 Å². The maximum absolute atomic E-state index is 12.1. The van der Waals surface area contributed by atoms with Crippen LogP contribution in [0, 0.1) is 0 Å². The van der Waals surface area contributed by atoms with Crippen molar-refractivity contribution in [3.63, 3.8) is 0 Å². The minimum atomic E-state index is -0.203. The van der Waals surface area contributed by atoms with Gasteiger partial charge in [0.15, 0.2) is 11.5 Å². The SMILES string of the molecule is CCOc1ccc(/C=C/C(=O)NCc2ccc(C(=O)N(C)C)cc2)cc1OCC. The molecular formula is C23H28N2O4. The lowest BCUT2D eigenvalue weighted by Crippen LogP contribution is -2.22. The third-order valence-corrected chi connectivity index (χ3v) is 4.07. The van der Waals surface area contributed by atoms with E-state index in [0.717, 1.165) is 11.1 Å². The first-order valence-electron chi connectivity index (χ1n) is 9.60. The van der Waals surface area contributed by atoms with Crippen molar-refractivity contribution < 1.29 is 19.1 Å². The summed E-state index contributed by atoms with van der Waals surface area (Å²) in [6.07, 6.45) is 3.21. The van der Waals surface area contributed by atoms with Gasteiger partial charge in [-0.2, -0.15) is 0 Å². The molecular weight excluding hydrogens is 368 g/mol. The summed E-state index contributed by atoms with van der Waals surface area (Å²) in [5.74, 6) is 1.09. The van der Waals surface area contributed by atoms with Crippen molar-refractivity contribution >= 4 is 17.9 Å². The predicted molar refractivity (Wildman–Crippen MR) is 114 cm³/mol. The first-order chi connectivity index (χ1) is 13.9. The highest BCUT2D eigenvalue weighted by molar-refractivity contribution is 5.94. The van der Waals surface area contributed by atoms with Gasteiger partial charge in [-0.05, 0) is 55.3 Å². The third kappa shape index (κ3) is 6.68. The zero-order chi connectivity index (χ0) is 21.2. The predicted octanol–water partition coefficient (Wildman–Crippen LogP) is 3.52. The fourth-order valence-corrected chi connectivity index (χ4v) is 2.61. The molecule has 0 aliphatic rings. The van der Waals surface area contributed by atoms with E-state index < -0.39 is 0 Å². The summed E-state index contributed by atoms with van der Waals surface area (Å²) < 4.78 is 11.1. The van der Waals surface area contributed by atoms with Gasteiger partial charge in [0.1, 0.15) is 0 Å². The Morgan fingerprint density at radius 3 is 2.24 bits per heavy atom. The van der Waals surface area contributed by atoms with Crippen molar-refractivity contribution in [3.8, 4) is 11.5 Å². The Labute approximate surface area is 172 Å². The van der Waals surface area contributed by atoms with Crippen LogP contribution in [0.3, 0.4) is 0 Å². The quantitative estimate of drug-likeness (QED) is 0.659. The molecule has 0 unspecified atom stereocenters. The van der Waals surface area contributed by atoms with E-state index >= 15 is 0 Å². The number of carbonyl (C=O) groups is 2. The van der Waals surface area contributed by atoms with Crippen molar-refractivity contribution in [1.82, 2.24) is 10.2 Å². The number of ether oxygens (including phenoxy) is 2. The highest BCUT2D eigenvalue weighted by atomic mass is 16.5.